The Hall–Kier alpha value is -1.53. The summed E-state index contributed by atoms with van der Waals surface area (Å²) in [5.41, 5.74) is 0.887. The van der Waals surface area contributed by atoms with E-state index in [0.717, 1.165) is 11.3 Å². The van der Waals surface area contributed by atoms with Gasteiger partial charge in [-0.05, 0) is 24.3 Å². The van der Waals surface area contributed by atoms with E-state index in [9.17, 15) is 0 Å². The van der Waals surface area contributed by atoms with Crippen LogP contribution in [0.1, 0.15) is 0 Å². The Labute approximate surface area is 105 Å². The van der Waals surface area contributed by atoms with Gasteiger partial charge in [-0.25, -0.2) is 0 Å². The number of thiol groups is 1. The number of aromatic nitrogens is 2. The first-order valence-corrected chi connectivity index (χ1v) is 5.57. The molecule has 0 saturated carbocycles. The zero-order valence-corrected chi connectivity index (χ0v) is 10.3. The average Bonchev–Trinajstić information content (AvgIpc) is 2.93. The van der Waals surface area contributed by atoms with Crippen LogP contribution in [0.25, 0.3) is 11.5 Å². The van der Waals surface area contributed by atoms with Crippen LogP contribution >= 0.6 is 12.6 Å². The largest absolute Gasteiger partial charge is 0.497 e. The van der Waals surface area contributed by atoms with Gasteiger partial charge in [0.1, 0.15) is 5.75 Å². The number of benzene rings is 1. The van der Waals surface area contributed by atoms with Crippen molar-refractivity contribution in [3.05, 3.63) is 30.7 Å². The third kappa shape index (κ3) is 4.46. The van der Waals surface area contributed by atoms with Gasteiger partial charge in [-0.3, -0.25) is 0 Å². The van der Waals surface area contributed by atoms with E-state index >= 15 is 0 Å². The zero-order valence-electron chi connectivity index (χ0n) is 9.41. The van der Waals surface area contributed by atoms with Gasteiger partial charge in [0, 0.05) is 11.3 Å². The van der Waals surface area contributed by atoms with Gasteiger partial charge in [0.05, 0.1) is 13.7 Å². The van der Waals surface area contributed by atoms with Crippen LogP contribution in [-0.4, -0.2) is 34.8 Å². The molecule has 0 saturated heterocycles. The number of rotatable bonds is 3. The van der Waals surface area contributed by atoms with Crippen molar-refractivity contribution in [2.45, 2.75) is 0 Å². The molecule has 1 aromatic carbocycles. The number of hydrogen-bond acceptors (Lipinski definition) is 6. The second-order valence-corrected chi connectivity index (χ2v) is 3.37. The van der Waals surface area contributed by atoms with E-state index in [4.69, 9.17) is 14.3 Å². The van der Waals surface area contributed by atoms with Crippen molar-refractivity contribution in [1.82, 2.24) is 10.2 Å². The van der Waals surface area contributed by atoms with Crippen molar-refractivity contribution in [3.63, 3.8) is 0 Å². The first-order valence-electron chi connectivity index (χ1n) is 4.94. The highest BCUT2D eigenvalue weighted by Crippen LogP contribution is 2.19. The molecular weight excluding hydrogens is 240 g/mol. The minimum atomic E-state index is 0.184. The molecule has 0 aliphatic heterocycles. The van der Waals surface area contributed by atoms with E-state index in [0.29, 0.717) is 11.6 Å². The maximum Gasteiger partial charge on any atom is 0.247 e. The summed E-state index contributed by atoms with van der Waals surface area (Å²) in [6.45, 7) is 0.184. The predicted octanol–water partition coefficient (Wildman–Crippen LogP) is 1.65. The fourth-order valence-electron chi connectivity index (χ4n) is 1.03. The van der Waals surface area contributed by atoms with E-state index in [1.54, 1.807) is 7.11 Å². The highest BCUT2D eigenvalue weighted by molar-refractivity contribution is 7.80. The van der Waals surface area contributed by atoms with Gasteiger partial charge in [0.2, 0.25) is 12.3 Å². The summed E-state index contributed by atoms with van der Waals surface area (Å²) in [4.78, 5) is 0. The van der Waals surface area contributed by atoms with Crippen LogP contribution in [0.3, 0.4) is 0 Å². The Balaban J connectivity index is 0.000000317. The Bertz CT molecular complexity index is 401. The van der Waals surface area contributed by atoms with E-state index in [2.05, 4.69) is 22.8 Å². The molecule has 0 radical (unpaired) electrons. The molecule has 2 rings (SSSR count). The Kier molecular flexibility index (Phi) is 6.13. The second kappa shape index (κ2) is 7.70. The number of ether oxygens (including phenoxy) is 1. The van der Waals surface area contributed by atoms with Crippen molar-refractivity contribution in [3.8, 4) is 17.2 Å². The van der Waals surface area contributed by atoms with Crippen molar-refractivity contribution in [1.29, 1.82) is 0 Å². The molecule has 1 aromatic heterocycles. The molecule has 17 heavy (non-hydrogen) atoms. The monoisotopic (exact) mass is 254 g/mol. The molecule has 0 aliphatic rings. The fourth-order valence-corrected chi connectivity index (χ4v) is 1.03. The highest BCUT2D eigenvalue weighted by Gasteiger charge is 2.01. The van der Waals surface area contributed by atoms with Crippen molar-refractivity contribution in [2.75, 3.05) is 19.5 Å². The van der Waals surface area contributed by atoms with Crippen LogP contribution in [-0.2, 0) is 0 Å². The molecular formula is C11H14N2O3S. The third-order valence-electron chi connectivity index (χ3n) is 1.80. The summed E-state index contributed by atoms with van der Waals surface area (Å²) in [5, 5.41) is 15.2. The topological polar surface area (TPSA) is 68.4 Å². The Morgan fingerprint density at radius 3 is 2.41 bits per heavy atom. The minimum Gasteiger partial charge on any atom is -0.497 e. The summed E-state index contributed by atoms with van der Waals surface area (Å²) in [5.74, 6) is 1.89. The molecule has 0 bridgehead atoms. The Morgan fingerprint density at radius 2 is 2.00 bits per heavy atom. The van der Waals surface area contributed by atoms with Gasteiger partial charge in [-0.15, -0.1) is 10.2 Å². The Morgan fingerprint density at radius 1 is 1.35 bits per heavy atom. The molecule has 0 atom stereocenters. The molecule has 1 heterocycles. The van der Waals surface area contributed by atoms with Gasteiger partial charge in [-0.2, -0.15) is 12.6 Å². The zero-order chi connectivity index (χ0) is 12.5. The fraction of sp³-hybridized carbons (Fsp3) is 0.273. The number of aliphatic hydroxyl groups excluding tert-OH is 1. The molecule has 1 N–H and O–H groups in total. The molecule has 0 aliphatic carbocycles. The van der Waals surface area contributed by atoms with Crippen molar-refractivity contribution < 1.29 is 14.3 Å². The lowest BCUT2D eigenvalue weighted by atomic mass is 10.2. The number of methoxy groups -OCH3 is 1. The van der Waals surface area contributed by atoms with E-state index in [-0.39, 0.29) is 6.61 Å². The molecule has 0 fully saturated rings. The van der Waals surface area contributed by atoms with Gasteiger partial charge in [0.15, 0.2) is 0 Å². The van der Waals surface area contributed by atoms with Gasteiger partial charge in [0.25, 0.3) is 0 Å². The second-order valence-electron chi connectivity index (χ2n) is 2.92. The number of hydrogen-bond donors (Lipinski definition) is 2. The maximum absolute atomic E-state index is 7.80. The summed E-state index contributed by atoms with van der Waals surface area (Å²) in [7, 11) is 1.63. The molecule has 2 aromatic rings. The number of nitrogens with zero attached hydrogens (tertiary/aromatic N) is 2. The molecule has 6 heteroatoms. The van der Waals surface area contributed by atoms with Gasteiger partial charge < -0.3 is 14.3 Å². The first-order chi connectivity index (χ1) is 8.31. The lowest BCUT2D eigenvalue weighted by Crippen LogP contribution is -1.82. The SMILES string of the molecule is COc1ccc(-c2nnco2)cc1.OCCS. The van der Waals surface area contributed by atoms with Crippen LogP contribution in [0, 0.1) is 0 Å². The lowest BCUT2D eigenvalue weighted by Gasteiger charge is -1.98. The normalized spacial score (nSPS) is 9.35. The third-order valence-corrected chi connectivity index (χ3v) is 2.00. The predicted molar refractivity (Wildman–Crippen MR) is 67.2 cm³/mol. The summed E-state index contributed by atoms with van der Waals surface area (Å²) < 4.78 is 10.0. The van der Waals surface area contributed by atoms with Gasteiger partial charge in [-0.1, -0.05) is 0 Å². The lowest BCUT2D eigenvalue weighted by molar-refractivity contribution is 0.323. The summed E-state index contributed by atoms with van der Waals surface area (Å²) in [6, 6.07) is 7.43. The summed E-state index contributed by atoms with van der Waals surface area (Å²) >= 11 is 3.67. The smallest absolute Gasteiger partial charge is 0.247 e. The molecule has 5 nitrogen and oxygen atoms in total. The summed E-state index contributed by atoms with van der Waals surface area (Å²) in [6.07, 6.45) is 1.31. The molecule has 92 valence electrons. The van der Waals surface area contributed by atoms with Crippen LogP contribution in [0.2, 0.25) is 0 Å². The van der Waals surface area contributed by atoms with Crippen molar-refractivity contribution in [2.24, 2.45) is 0 Å². The van der Waals surface area contributed by atoms with E-state index in [1.165, 1.54) is 6.39 Å². The minimum absolute atomic E-state index is 0.184. The average molecular weight is 254 g/mol. The highest BCUT2D eigenvalue weighted by atomic mass is 32.1. The van der Waals surface area contributed by atoms with E-state index < -0.39 is 0 Å². The van der Waals surface area contributed by atoms with E-state index in [1.807, 2.05) is 24.3 Å². The van der Waals surface area contributed by atoms with Crippen molar-refractivity contribution >= 4 is 12.6 Å². The van der Waals surface area contributed by atoms with Gasteiger partial charge >= 0.3 is 0 Å². The number of aliphatic hydroxyl groups is 1. The van der Waals surface area contributed by atoms with Crippen LogP contribution in [0.15, 0.2) is 35.1 Å². The van der Waals surface area contributed by atoms with Crippen LogP contribution in [0.4, 0.5) is 0 Å². The standard InChI is InChI=1S/C9H8N2O2.C2H6OS/c1-12-8-4-2-7(3-5-8)9-11-10-6-13-9;3-1-2-4/h2-6H,1H3;3-4H,1-2H2. The molecule has 0 amide bonds. The maximum atomic E-state index is 7.80. The quantitative estimate of drug-likeness (QED) is 0.815. The molecule has 0 unspecified atom stereocenters. The molecule has 0 spiro atoms. The first kappa shape index (κ1) is 13.5. The van der Waals surface area contributed by atoms with Crippen LogP contribution < -0.4 is 4.74 Å². The van der Waals surface area contributed by atoms with Crippen LogP contribution in [0.5, 0.6) is 5.75 Å².